The maximum Gasteiger partial charge on any atom is 0.483 e. The number of ether oxygens (including phenoxy) is 2. The molecule has 21 nitrogen and oxygen atoms in total. The molecule has 4 heterocycles. The lowest BCUT2D eigenvalue weighted by molar-refractivity contribution is -0.273. The van der Waals surface area contributed by atoms with Crippen LogP contribution < -0.4 is 17.0 Å². The Kier molecular flexibility index (Phi) is 8.60. The number of aliphatic hydroxyl groups is 5. The molecule has 220 valence electrons. The highest BCUT2D eigenvalue weighted by Gasteiger charge is 2.49. The summed E-state index contributed by atoms with van der Waals surface area (Å²) in [5, 5.41) is 50.3. The molecule has 0 saturated carbocycles. The number of phosphoric ester groups is 2. The van der Waals surface area contributed by atoms with Crippen LogP contribution in [0.25, 0.3) is 11.2 Å². The highest BCUT2D eigenvalue weighted by Crippen LogP contribution is 2.61. The van der Waals surface area contributed by atoms with Gasteiger partial charge in [-0.05, 0) is 0 Å². The first-order valence-electron chi connectivity index (χ1n) is 11.0. The summed E-state index contributed by atoms with van der Waals surface area (Å²) in [5.41, 5.74) is 9.92. The molecule has 12 N–H and O–H groups in total. The lowest BCUT2D eigenvalue weighted by Gasteiger charge is -2.39. The van der Waals surface area contributed by atoms with E-state index >= 15 is 0 Å². The number of aliphatic hydroxyl groups excluding tert-OH is 5. The van der Waals surface area contributed by atoms with Crippen molar-refractivity contribution in [2.24, 2.45) is 5.73 Å². The van der Waals surface area contributed by atoms with Crippen molar-refractivity contribution in [1.29, 1.82) is 0 Å². The zero-order valence-corrected chi connectivity index (χ0v) is 21.3. The molecule has 39 heavy (non-hydrogen) atoms. The zero-order valence-electron chi connectivity index (χ0n) is 19.5. The average Bonchev–Trinajstić information content (AvgIpc) is 3.38. The van der Waals surface area contributed by atoms with Crippen LogP contribution in [0.2, 0.25) is 0 Å². The van der Waals surface area contributed by atoms with Crippen LogP contribution in [0, 0.1) is 0 Å². The van der Waals surface area contributed by atoms with Gasteiger partial charge in [-0.15, -0.1) is 0 Å². The number of phosphoric acid groups is 2. The Hall–Kier alpha value is -1.91. The predicted octanol–water partition coefficient (Wildman–Crippen LogP) is -4.66. The highest BCUT2D eigenvalue weighted by molar-refractivity contribution is 7.61. The second-order valence-corrected chi connectivity index (χ2v) is 11.5. The van der Waals surface area contributed by atoms with E-state index in [9.17, 15) is 49.2 Å². The molecule has 23 heteroatoms. The van der Waals surface area contributed by atoms with Crippen LogP contribution in [-0.2, 0) is 32.0 Å². The Morgan fingerprint density at radius 3 is 2.33 bits per heavy atom. The summed E-state index contributed by atoms with van der Waals surface area (Å²) in [6.45, 7) is -1.37. The van der Waals surface area contributed by atoms with Gasteiger partial charge in [0.05, 0.1) is 12.9 Å². The van der Waals surface area contributed by atoms with E-state index in [1.165, 1.54) is 0 Å². The molecule has 11 atom stereocenters. The number of rotatable bonds is 9. The summed E-state index contributed by atoms with van der Waals surface area (Å²) in [5.74, 6) is -0.272. The zero-order chi connectivity index (χ0) is 28.9. The normalized spacial score (nSPS) is 36.6. The van der Waals surface area contributed by atoms with Crippen LogP contribution in [0.15, 0.2) is 11.1 Å². The minimum absolute atomic E-state index is 0.106. The summed E-state index contributed by atoms with van der Waals surface area (Å²) in [7, 11) is -11.0. The molecular formula is C16H26N6O15P2. The van der Waals surface area contributed by atoms with Gasteiger partial charge in [0.25, 0.3) is 5.56 Å². The van der Waals surface area contributed by atoms with Crippen LogP contribution in [0.3, 0.4) is 0 Å². The standard InChI is InChI=1S/C16H26N6O15P2/c17-1-4-7(23)9(25)11(27)15(35-4)36-39(31,32)37-38(29,30)33-2-5-8(24)10(26)14(34-5)22-3-19-6-12(22)20-16(18)21-13(6)28/h3-5,7-11,14-15,23-27H,1-2,17H2,(H,29,30)(H,31,32)(H3,18,20,21,28)/t4?,5-,7+,8?,9?,10?,11?,14-,15-/m1/s1. The quantitative estimate of drug-likeness (QED) is 0.120. The van der Waals surface area contributed by atoms with Crippen LogP contribution in [0.5, 0.6) is 0 Å². The first kappa shape index (κ1) is 30.1. The molecule has 0 radical (unpaired) electrons. The van der Waals surface area contributed by atoms with Gasteiger partial charge in [0.2, 0.25) is 5.95 Å². The molecule has 0 aromatic carbocycles. The van der Waals surface area contributed by atoms with Crippen molar-refractivity contribution in [2.45, 2.75) is 55.2 Å². The number of nitrogens with one attached hydrogen (secondary N) is 1. The number of hydrogen-bond donors (Lipinski definition) is 10. The molecule has 0 amide bonds. The number of nitrogens with two attached hydrogens (primary N) is 2. The third-order valence-corrected chi connectivity index (χ3v) is 8.41. The minimum Gasteiger partial charge on any atom is -0.388 e. The lowest BCUT2D eigenvalue weighted by Crippen LogP contribution is -2.59. The van der Waals surface area contributed by atoms with Gasteiger partial charge in [0.15, 0.2) is 23.7 Å². The van der Waals surface area contributed by atoms with Crippen molar-refractivity contribution in [1.82, 2.24) is 19.5 Å². The van der Waals surface area contributed by atoms with Crippen LogP contribution in [0.4, 0.5) is 5.95 Å². The van der Waals surface area contributed by atoms with Crippen LogP contribution in [0.1, 0.15) is 6.23 Å². The fraction of sp³-hybridized carbons (Fsp3) is 0.688. The molecule has 2 aliphatic heterocycles. The van der Waals surface area contributed by atoms with Gasteiger partial charge >= 0.3 is 15.6 Å². The number of aromatic nitrogens is 4. The molecule has 2 aromatic rings. The van der Waals surface area contributed by atoms with E-state index in [0.29, 0.717) is 0 Å². The Bertz CT molecular complexity index is 1340. The number of hydrogen-bond acceptors (Lipinski definition) is 17. The van der Waals surface area contributed by atoms with E-state index in [1.54, 1.807) is 0 Å². The maximum absolute atomic E-state index is 12.3. The number of imidazole rings is 1. The third-order valence-electron chi connectivity index (χ3n) is 5.81. The van der Waals surface area contributed by atoms with Crippen molar-refractivity contribution in [2.75, 3.05) is 18.9 Å². The molecule has 0 spiro atoms. The van der Waals surface area contributed by atoms with E-state index < -0.39 is 89.6 Å². The van der Waals surface area contributed by atoms with Crippen LogP contribution >= 0.6 is 15.6 Å². The Morgan fingerprint density at radius 2 is 1.67 bits per heavy atom. The van der Waals surface area contributed by atoms with Gasteiger partial charge in [-0.1, -0.05) is 0 Å². The van der Waals surface area contributed by atoms with Crippen molar-refractivity contribution >= 4 is 32.8 Å². The first-order chi connectivity index (χ1) is 18.1. The largest absolute Gasteiger partial charge is 0.483 e. The fourth-order valence-corrected chi connectivity index (χ4v) is 6.05. The molecule has 0 bridgehead atoms. The monoisotopic (exact) mass is 604 g/mol. The highest BCUT2D eigenvalue weighted by atomic mass is 31.3. The van der Waals surface area contributed by atoms with E-state index in [2.05, 4.69) is 28.3 Å². The van der Waals surface area contributed by atoms with E-state index in [0.717, 1.165) is 10.9 Å². The molecule has 2 aliphatic rings. The topological polar surface area (TPSA) is 338 Å². The van der Waals surface area contributed by atoms with Crippen molar-refractivity contribution in [3.63, 3.8) is 0 Å². The van der Waals surface area contributed by atoms with Gasteiger partial charge in [0, 0.05) is 6.54 Å². The summed E-state index contributed by atoms with van der Waals surface area (Å²) >= 11 is 0. The van der Waals surface area contributed by atoms with E-state index in [-0.39, 0.29) is 17.1 Å². The third kappa shape index (κ3) is 6.22. The molecule has 4 rings (SSSR count). The Morgan fingerprint density at radius 1 is 1.00 bits per heavy atom. The molecular weight excluding hydrogens is 578 g/mol. The summed E-state index contributed by atoms with van der Waals surface area (Å²) in [6, 6.07) is 0. The number of H-pyrrole nitrogens is 1. The summed E-state index contributed by atoms with van der Waals surface area (Å²) in [4.78, 5) is 41.7. The average molecular weight is 604 g/mol. The Balaban J connectivity index is 1.39. The van der Waals surface area contributed by atoms with E-state index in [1.807, 2.05) is 0 Å². The number of fused-ring (bicyclic) bond motifs is 1. The lowest BCUT2D eigenvalue weighted by atomic mass is 9.99. The summed E-state index contributed by atoms with van der Waals surface area (Å²) < 4.78 is 49.4. The molecule has 7 unspecified atom stereocenters. The predicted molar refractivity (Wildman–Crippen MR) is 122 cm³/mol. The molecule has 2 aromatic heterocycles. The smallest absolute Gasteiger partial charge is 0.388 e. The van der Waals surface area contributed by atoms with Gasteiger partial charge < -0.3 is 56.3 Å². The van der Waals surface area contributed by atoms with Gasteiger partial charge in [0.1, 0.15) is 42.7 Å². The second-order valence-electron chi connectivity index (χ2n) is 8.49. The number of anilines is 1. The second kappa shape index (κ2) is 11.2. The van der Waals surface area contributed by atoms with Gasteiger partial charge in [-0.2, -0.15) is 9.29 Å². The molecule has 0 aliphatic carbocycles. The van der Waals surface area contributed by atoms with Crippen LogP contribution in [-0.4, -0.2) is 117 Å². The molecule has 2 fully saturated rings. The van der Waals surface area contributed by atoms with Gasteiger partial charge in [-0.25, -0.2) is 14.1 Å². The number of nitrogens with zero attached hydrogens (tertiary/aromatic N) is 3. The first-order valence-corrected chi connectivity index (χ1v) is 14.0. The maximum atomic E-state index is 12.3. The van der Waals surface area contributed by atoms with Crippen molar-refractivity contribution in [3.8, 4) is 0 Å². The van der Waals surface area contributed by atoms with Crippen molar-refractivity contribution in [3.05, 3.63) is 16.7 Å². The van der Waals surface area contributed by atoms with Gasteiger partial charge in [-0.3, -0.25) is 23.4 Å². The SMILES string of the molecule is NCC1O[C@H](OP(=O)(O)OP(=O)(O)OC[C@H]2O[C@@H](n3cnc4c(=O)[nH]c(N)nc43)C(O)C2O)C(O)C(O)[C@H]1O. The fourth-order valence-electron chi connectivity index (χ4n) is 3.90. The van der Waals surface area contributed by atoms with E-state index in [4.69, 9.17) is 20.9 Å². The van der Waals surface area contributed by atoms with Crippen molar-refractivity contribution < 1.29 is 67.3 Å². The number of aromatic amines is 1. The number of nitrogen functional groups attached to an aromatic ring is 1. The summed E-state index contributed by atoms with van der Waals surface area (Å²) in [6.07, 6.45) is -14.4. The Labute approximate surface area is 216 Å². The minimum atomic E-state index is -5.55. The molecule has 2 saturated heterocycles.